The van der Waals surface area contributed by atoms with Gasteiger partial charge in [0.15, 0.2) is 0 Å². The molecule has 0 aliphatic carbocycles. The normalized spacial score (nSPS) is 12.4. The van der Waals surface area contributed by atoms with Crippen molar-refractivity contribution in [1.82, 2.24) is 0 Å². The van der Waals surface area contributed by atoms with E-state index in [2.05, 4.69) is 72.2 Å². The van der Waals surface area contributed by atoms with E-state index in [1.165, 1.54) is 21.6 Å². The van der Waals surface area contributed by atoms with Gasteiger partial charge in [-0.1, -0.05) is 45.3 Å². The Balaban J connectivity index is 1.88. The van der Waals surface area contributed by atoms with E-state index >= 15 is 0 Å². The molecule has 1 nitrogen and oxygen atoms in total. The van der Waals surface area contributed by atoms with Gasteiger partial charge in [0.2, 0.25) is 0 Å². The van der Waals surface area contributed by atoms with Crippen LogP contribution in [-0.4, -0.2) is 11.8 Å². The van der Waals surface area contributed by atoms with E-state index < -0.39 is 0 Å². The molecular weight excluding hydrogens is 330 g/mol. The third-order valence-electron chi connectivity index (χ3n) is 3.06. The molecule has 0 aliphatic heterocycles. The Kier molecular flexibility index (Phi) is 5.70. The highest BCUT2D eigenvalue weighted by Crippen LogP contribution is 2.22. The molecule has 20 heavy (non-hydrogen) atoms. The lowest BCUT2D eigenvalue weighted by atomic mass is 10.0. The summed E-state index contributed by atoms with van der Waals surface area (Å²) in [6.45, 7) is 4.28. The van der Waals surface area contributed by atoms with Gasteiger partial charge in [-0.2, -0.15) is 0 Å². The Morgan fingerprint density at radius 2 is 1.65 bits per heavy atom. The first-order valence-electron chi connectivity index (χ1n) is 6.74. The van der Waals surface area contributed by atoms with Crippen LogP contribution >= 0.6 is 27.7 Å². The maximum Gasteiger partial charge on any atom is 0.0176 e. The Labute approximate surface area is 134 Å². The minimum absolute atomic E-state index is 0.185. The van der Waals surface area contributed by atoms with Crippen LogP contribution in [0.15, 0.2) is 51.8 Å². The van der Waals surface area contributed by atoms with E-state index in [1.807, 2.05) is 11.8 Å². The molecule has 0 amide bonds. The monoisotopic (exact) mass is 349 g/mol. The zero-order chi connectivity index (χ0) is 14.5. The quantitative estimate of drug-likeness (QED) is 0.789. The van der Waals surface area contributed by atoms with Crippen molar-refractivity contribution in [3.63, 3.8) is 0 Å². The number of benzene rings is 2. The highest BCUT2D eigenvalue weighted by molar-refractivity contribution is 9.10. The minimum atomic E-state index is 0.185. The molecule has 2 aromatic carbocycles. The number of nitrogens with two attached hydrogens (primary N) is 1. The molecular formula is C17H20BrNS. The highest BCUT2D eigenvalue weighted by Gasteiger charge is 2.06. The Hall–Kier alpha value is -0.770. The maximum absolute atomic E-state index is 6.25. The van der Waals surface area contributed by atoms with Crippen LogP contribution in [0.4, 0.5) is 0 Å². The molecule has 0 aromatic heterocycles. The van der Waals surface area contributed by atoms with Crippen LogP contribution in [0.1, 0.15) is 16.7 Å². The fourth-order valence-corrected chi connectivity index (χ4v) is 3.40. The molecule has 0 saturated carbocycles. The number of halogens is 1. The van der Waals surface area contributed by atoms with Crippen LogP contribution < -0.4 is 5.73 Å². The van der Waals surface area contributed by atoms with Crippen LogP contribution in [0, 0.1) is 13.8 Å². The number of thioether (sulfide) groups is 1. The number of aryl methyl sites for hydroxylation is 2. The van der Waals surface area contributed by atoms with Crippen LogP contribution in [0.3, 0.4) is 0 Å². The van der Waals surface area contributed by atoms with Crippen molar-refractivity contribution in [2.24, 2.45) is 5.73 Å². The summed E-state index contributed by atoms with van der Waals surface area (Å²) in [5.74, 6) is 0.939. The Morgan fingerprint density at radius 1 is 1.05 bits per heavy atom. The smallest absolute Gasteiger partial charge is 0.0176 e. The summed E-state index contributed by atoms with van der Waals surface area (Å²) in [6.07, 6.45) is 0.937. The summed E-state index contributed by atoms with van der Waals surface area (Å²) in [6, 6.07) is 15.2. The van der Waals surface area contributed by atoms with E-state index in [0.717, 1.165) is 16.6 Å². The van der Waals surface area contributed by atoms with Crippen molar-refractivity contribution >= 4 is 27.7 Å². The Bertz CT molecular complexity index is 545. The van der Waals surface area contributed by atoms with Crippen molar-refractivity contribution < 1.29 is 0 Å². The predicted molar refractivity (Wildman–Crippen MR) is 92.5 cm³/mol. The summed E-state index contributed by atoms with van der Waals surface area (Å²) in [7, 11) is 0. The summed E-state index contributed by atoms with van der Waals surface area (Å²) < 4.78 is 1.11. The molecule has 2 aromatic rings. The number of hydrogen-bond acceptors (Lipinski definition) is 2. The van der Waals surface area contributed by atoms with Crippen LogP contribution in [0.2, 0.25) is 0 Å². The van der Waals surface area contributed by atoms with Gasteiger partial charge >= 0.3 is 0 Å². The van der Waals surface area contributed by atoms with Gasteiger partial charge in [0.25, 0.3) is 0 Å². The third kappa shape index (κ3) is 4.97. The highest BCUT2D eigenvalue weighted by atomic mass is 79.9. The SMILES string of the molecule is Cc1cc(C)cc(CC(N)CSc2ccc(Br)cc2)c1. The van der Waals surface area contributed by atoms with Gasteiger partial charge in [0.1, 0.15) is 0 Å². The van der Waals surface area contributed by atoms with Crippen molar-refractivity contribution in [3.8, 4) is 0 Å². The summed E-state index contributed by atoms with van der Waals surface area (Å²) in [5.41, 5.74) is 10.2. The lowest BCUT2D eigenvalue weighted by molar-refractivity contribution is 0.747. The maximum atomic E-state index is 6.25. The van der Waals surface area contributed by atoms with Crippen LogP contribution in [0.5, 0.6) is 0 Å². The second kappa shape index (κ2) is 7.30. The second-order valence-corrected chi connectivity index (χ2v) is 7.23. The van der Waals surface area contributed by atoms with Gasteiger partial charge < -0.3 is 5.73 Å². The summed E-state index contributed by atoms with van der Waals surface area (Å²) in [5, 5.41) is 0. The Morgan fingerprint density at radius 3 is 2.25 bits per heavy atom. The molecule has 0 aliphatic rings. The van der Waals surface area contributed by atoms with Crippen LogP contribution in [-0.2, 0) is 6.42 Å². The van der Waals surface area contributed by atoms with E-state index in [1.54, 1.807) is 0 Å². The summed E-state index contributed by atoms with van der Waals surface area (Å²) in [4.78, 5) is 1.27. The molecule has 0 saturated heterocycles. The summed E-state index contributed by atoms with van der Waals surface area (Å²) >= 11 is 5.27. The van der Waals surface area contributed by atoms with E-state index in [4.69, 9.17) is 5.73 Å². The van der Waals surface area contributed by atoms with Gasteiger partial charge in [-0.05, 0) is 50.1 Å². The average Bonchev–Trinajstić information content (AvgIpc) is 2.37. The van der Waals surface area contributed by atoms with Gasteiger partial charge in [0.05, 0.1) is 0 Å². The second-order valence-electron chi connectivity index (χ2n) is 5.23. The van der Waals surface area contributed by atoms with E-state index in [9.17, 15) is 0 Å². The molecule has 1 unspecified atom stereocenters. The zero-order valence-electron chi connectivity index (χ0n) is 11.9. The van der Waals surface area contributed by atoms with Crippen molar-refractivity contribution in [1.29, 1.82) is 0 Å². The first kappa shape index (κ1) is 15.6. The molecule has 0 radical (unpaired) electrons. The lowest BCUT2D eigenvalue weighted by Crippen LogP contribution is -2.25. The first-order valence-corrected chi connectivity index (χ1v) is 8.52. The van der Waals surface area contributed by atoms with Gasteiger partial charge in [-0.3, -0.25) is 0 Å². The fraction of sp³-hybridized carbons (Fsp3) is 0.294. The molecule has 1 atom stereocenters. The molecule has 2 rings (SSSR count). The molecule has 0 fully saturated rings. The predicted octanol–water partition coefficient (Wildman–Crippen LogP) is 4.73. The van der Waals surface area contributed by atoms with Gasteiger partial charge in [-0.15, -0.1) is 11.8 Å². The standard InChI is InChI=1S/C17H20BrNS/c1-12-7-13(2)9-14(8-12)10-16(19)11-20-17-5-3-15(18)4-6-17/h3-9,16H,10-11,19H2,1-2H3. The lowest BCUT2D eigenvalue weighted by Gasteiger charge is -2.12. The van der Waals surface area contributed by atoms with Gasteiger partial charge in [-0.25, -0.2) is 0 Å². The molecule has 0 bridgehead atoms. The average molecular weight is 350 g/mol. The molecule has 0 heterocycles. The molecule has 2 N–H and O–H groups in total. The molecule has 3 heteroatoms. The topological polar surface area (TPSA) is 26.0 Å². The van der Waals surface area contributed by atoms with E-state index in [0.29, 0.717) is 0 Å². The molecule has 106 valence electrons. The number of hydrogen-bond donors (Lipinski definition) is 1. The zero-order valence-corrected chi connectivity index (χ0v) is 14.3. The fourth-order valence-electron chi connectivity index (χ4n) is 2.28. The number of rotatable bonds is 5. The minimum Gasteiger partial charge on any atom is -0.327 e. The first-order chi connectivity index (χ1) is 9.52. The van der Waals surface area contributed by atoms with Gasteiger partial charge in [0, 0.05) is 21.2 Å². The van der Waals surface area contributed by atoms with E-state index in [-0.39, 0.29) is 6.04 Å². The van der Waals surface area contributed by atoms with Crippen LogP contribution in [0.25, 0.3) is 0 Å². The van der Waals surface area contributed by atoms with Crippen molar-refractivity contribution in [2.45, 2.75) is 31.2 Å². The van der Waals surface area contributed by atoms with Crippen molar-refractivity contribution in [2.75, 3.05) is 5.75 Å². The third-order valence-corrected chi connectivity index (χ3v) is 4.79. The van der Waals surface area contributed by atoms with Crippen molar-refractivity contribution in [3.05, 3.63) is 63.6 Å². The largest absolute Gasteiger partial charge is 0.327 e. The molecule has 0 spiro atoms.